The Hall–Kier alpha value is -3.10. The number of hydrogen-bond donors (Lipinski definition) is 2. The molecule has 3 aromatic rings. The Kier molecular flexibility index (Phi) is 4.37. The number of ether oxygens (including phenoxy) is 1. The third kappa shape index (κ3) is 3.39. The largest absolute Gasteiger partial charge is 0.491 e. The van der Waals surface area contributed by atoms with Crippen molar-refractivity contribution >= 4 is 22.4 Å². The fraction of sp³-hybridized carbons (Fsp3) is 0.111. The maximum Gasteiger partial charge on any atom is 0.141 e. The molecule has 1 aromatic heterocycles. The number of aromatic nitrogens is 2. The van der Waals surface area contributed by atoms with Crippen molar-refractivity contribution in [1.29, 1.82) is 0 Å². The summed E-state index contributed by atoms with van der Waals surface area (Å²) in [5.41, 5.74) is 2.42. The van der Waals surface area contributed by atoms with Crippen molar-refractivity contribution in [3.05, 3.63) is 54.4 Å². The van der Waals surface area contributed by atoms with Gasteiger partial charge in [-0.2, -0.15) is 0 Å². The Morgan fingerprint density at radius 1 is 1.17 bits per heavy atom. The van der Waals surface area contributed by atoms with E-state index in [9.17, 15) is 0 Å². The van der Waals surface area contributed by atoms with Gasteiger partial charge in [-0.25, -0.2) is 9.97 Å². The van der Waals surface area contributed by atoms with E-state index in [2.05, 4.69) is 21.2 Å². The highest BCUT2D eigenvalue weighted by Crippen LogP contribution is 2.26. The first-order valence-corrected chi connectivity index (χ1v) is 7.12. The van der Waals surface area contributed by atoms with E-state index < -0.39 is 0 Å². The molecule has 0 fully saturated rings. The summed E-state index contributed by atoms with van der Waals surface area (Å²) in [5, 5.41) is 12.9. The zero-order valence-corrected chi connectivity index (χ0v) is 12.4. The predicted octanol–water partition coefficient (Wildman–Crippen LogP) is 2.73. The average molecular weight is 305 g/mol. The molecule has 2 N–H and O–H groups in total. The molecule has 0 saturated carbocycles. The van der Waals surface area contributed by atoms with Crippen molar-refractivity contribution in [1.82, 2.24) is 9.97 Å². The number of benzene rings is 2. The van der Waals surface area contributed by atoms with Crippen LogP contribution in [-0.2, 0) is 0 Å². The van der Waals surface area contributed by atoms with Gasteiger partial charge >= 0.3 is 0 Å². The number of aliphatic hydroxyl groups excluding tert-OH is 1. The number of nitrogens with zero attached hydrogens (tertiary/aromatic N) is 2. The van der Waals surface area contributed by atoms with Gasteiger partial charge in [-0.3, -0.25) is 0 Å². The third-order valence-corrected chi connectivity index (χ3v) is 3.26. The molecule has 0 bridgehead atoms. The van der Waals surface area contributed by atoms with E-state index in [-0.39, 0.29) is 13.2 Å². The van der Waals surface area contributed by atoms with Crippen molar-refractivity contribution in [2.45, 2.75) is 0 Å². The summed E-state index contributed by atoms with van der Waals surface area (Å²) in [4.78, 5) is 8.55. The molecule has 0 aliphatic heterocycles. The normalized spacial score (nSPS) is 10.3. The van der Waals surface area contributed by atoms with E-state index in [1.807, 2.05) is 42.5 Å². The van der Waals surface area contributed by atoms with Gasteiger partial charge in [0.1, 0.15) is 24.5 Å². The van der Waals surface area contributed by atoms with Gasteiger partial charge in [0, 0.05) is 22.7 Å². The van der Waals surface area contributed by atoms with Gasteiger partial charge in [-0.05, 0) is 30.3 Å². The minimum atomic E-state index is -0.0276. The standard InChI is InChI=1S/C18H15N3O2/c1-2-13-4-3-5-14(10-13)21-18-16-7-6-15(23-9-8-22)11-17(16)19-12-20-18/h1,3-7,10-12,22H,8-9H2,(H,19,20,21). The summed E-state index contributed by atoms with van der Waals surface area (Å²) in [6.07, 6.45) is 6.92. The summed E-state index contributed by atoms with van der Waals surface area (Å²) < 4.78 is 5.40. The SMILES string of the molecule is C#Cc1cccc(Nc2ncnc3cc(OCCO)ccc23)c1. The van der Waals surface area contributed by atoms with Crippen LogP contribution < -0.4 is 10.1 Å². The fourth-order valence-electron chi connectivity index (χ4n) is 2.21. The summed E-state index contributed by atoms with van der Waals surface area (Å²) >= 11 is 0. The smallest absolute Gasteiger partial charge is 0.141 e. The second-order valence-electron chi connectivity index (χ2n) is 4.82. The van der Waals surface area contributed by atoms with E-state index in [0.717, 1.165) is 22.2 Å². The quantitative estimate of drug-likeness (QED) is 0.709. The lowest BCUT2D eigenvalue weighted by Crippen LogP contribution is -2.02. The van der Waals surface area contributed by atoms with Gasteiger partial charge in [-0.15, -0.1) is 6.42 Å². The topological polar surface area (TPSA) is 67.3 Å². The van der Waals surface area contributed by atoms with Gasteiger partial charge in [-0.1, -0.05) is 12.0 Å². The van der Waals surface area contributed by atoms with Crippen LogP contribution in [0.3, 0.4) is 0 Å². The fourth-order valence-corrected chi connectivity index (χ4v) is 2.21. The molecule has 5 heteroatoms. The predicted molar refractivity (Wildman–Crippen MR) is 89.8 cm³/mol. The molecule has 3 rings (SSSR count). The molecular weight excluding hydrogens is 290 g/mol. The van der Waals surface area contributed by atoms with E-state index in [0.29, 0.717) is 11.6 Å². The highest BCUT2D eigenvalue weighted by atomic mass is 16.5. The number of terminal acetylenes is 1. The zero-order chi connectivity index (χ0) is 16.1. The molecule has 5 nitrogen and oxygen atoms in total. The molecule has 0 saturated heterocycles. The van der Waals surface area contributed by atoms with Crippen molar-refractivity contribution in [3.63, 3.8) is 0 Å². The van der Waals surface area contributed by atoms with Crippen LogP contribution >= 0.6 is 0 Å². The lowest BCUT2D eigenvalue weighted by molar-refractivity contribution is 0.201. The van der Waals surface area contributed by atoms with E-state index >= 15 is 0 Å². The number of hydrogen-bond acceptors (Lipinski definition) is 5. The molecule has 1 heterocycles. The van der Waals surface area contributed by atoms with E-state index in [4.69, 9.17) is 16.3 Å². The van der Waals surface area contributed by atoms with Crippen LogP contribution in [-0.4, -0.2) is 28.3 Å². The molecule has 0 atom stereocenters. The number of rotatable bonds is 5. The van der Waals surface area contributed by atoms with Crippen molar-refractivity contribution in [3.8, 4) is 18.1 Å². The van der Waals surface area contributed by atoms with Crippen LogP contribution in [0.2, 0.25) is 0 Å². The molecule has 0 amide bonds. The molecule has 114 valence electrons. The third-order valence-electron chi connectivity index (χ3n) is 3.26. The Morgan fingerprint density at radius 2 is 2.09 bits per heavy atom. The summed E-state index contributed by atoms with van der Waals surface area (Å²) in [7, 11) is 0. The van der Waals surface area contributed by atoms with Crippen molar-refractivity contribution in [2.75, 3.05) is 18.5 Å². The minimum absolute atomic E-state index is 0.0276. The average Bonchev–Trinajstić information content (AvgIpc) is 2.60. The van der Waals surface area contributed by atoms with Crippen LogP contribution in [0, 0.1) is 12.3 Å². The molecule has 23 heavy (non-hydrogen) atoms. The van der Waals surface area contributed by atoms with Crippen molar-refractivity contribution in [2.24, 2.45) is 0 Å². The molecule has 0 unspecified atom stereocenters. The number of fused-ring (bicyclic) bond motifs is 1. The lowest BCUT2D eigenvalue weighted by atomic mass is 10.2. The van der Waals surface area contributed by atoms with E-state index in [1.54, 1.807) is 0 Å². The summed E-state index contributed by atoms with van der Waals surface area (Å²) in [6, 6.07) is 13.1. The molecule has 2 aromatic carbocycles. The van der Waals surface area contributed by atoms with E-state index in [1.165, 1.54) is 6.33 Å². The first-order valence-electron chi connectivity index (χ1n) is 7.12. The summed E-state index contributed by atoms with van der Waals surface area (Å²) in [5.74, 6) is 3.96. The van der Waals surface area contributed by atoms with Crippen LogP contribution in [0.1, 0.15) is 5.56 Å². The maximum absolute atomic E-state index is 8.82. The van der Waals surface area contributed by atoms with Crippen LogP contribution in [0.4, 0.5) is 11.5 Å². The molecular formula is C18H15N3O2. The second-order valence-corrected chi connectivity index (χ2v) is 4.82. The highest BCUT2D eigenvalue weighted by molar-refractivity contribution is 5.91. The second kappa shape index (κ2) is 6.77. The van der Waals surface area contributed by atoms with Gasteiger partial charge in [0.25, 0.3) is 0 Å². The Morgan fingerprint density at radius 3 is 2.91 bits per heavy atom. The monoisotopic (exact) mass is 305 g/mol. The van der Waals surface area contributed by atoms with Gasteiger partial charge in [0.15, 0.2) is 0 Å². The van der Waals surface area contributed by atoms with Crippen LogP contribution in [0.15, 0.2) is 48.8 Å². The molecule has 0 radical (unpaired) electrons. The molecule has 0 aliphatic carbocycles. The number of anilines is 2. The van der Waals surface area contributed by atoms with Gasteiger partial charge in [0.05, 0.1) is 12.1 Å². The molecule has 0 aliphatic rings. The Balaban J connectivity index is 1.93. The lowest BCUT2D eigenvalue weighted by Gasteiger charge is -2.10. The maximum atomic E-state index is 8.82. The van der Waals surface area contributed by atoms with Gasteiger partial charge in [0.2, 0.25) is 0 Å². The first kappa shape index (κ1) is 14.8. The summed E-state index contributed by atoms with van der Waals surface area (Å²) in [6.45, 7) is 0.223. The first-order chi connectivity index (χ1) is 11.3. The number of aliphatic hydroxyl groups is 1. The number of nitrogens with one attached hydrogen (secondary N) is 1. The molecule has 0 spiro atoms. The van der Waals surface area contributed by atoms with Crippen molar-refractivity contribution < 1.29 is 9.84 Å². The Labute approximate surface area is 134 Å². The minimum Gasteiger partial charge on any atom is -0.491 e. The van der Waals surface area contributed by atoms with Crippen LogP contribution in [0.25, 0.3) is 10.9 Å². The highest BCUT2D eigenvalue weighted by Gasteiger charge is 2.06. The van der Waals surface area contributed by atoms with Gasteiger partial charge < -0.3 is 15.2 Å². The Bertz CT molecular complexity index is 872. The van der Waals surface area contributed by atoms with Crippen LogP contribution in [0.5, 0.6) is 5.75 Å². The zero-order valence-electron chi connectivity index (χ0n) is 12.4.